The lowest BCUT2D eigenvalue weighted by molar-refractivity contribution is 0.332. The van der Waals surface area contributed by atoms with Crippen LogP contribution in [0.25, 0.3) is 93.6 Å². The van der Waals surface area contributed by atoms with Crippen LogP contribution in [0.3, 0.4) is 0 Å². The topological polar surface area (TPSA) is 43.2 Å². The van der Waals surface area contributed by atoms with Crippen molar-refractivity contribution in [3.05, 3.63) is 161 Å². The van der Waals surface area contributed by atoms with Crippen LogP contribution in [0.5, 0.6) is 0 Å². The van der Waals surface area contributed by atoms with E-state index in [0.717, 1.165) is 75.6 Å². The molecule has 4 nitrogen and oxygen atoms in total. The third-order valence-corrected chi connectivity index (χ3v) is 16.8. The second-order valence-electron chi connectivity index (χ2n) is 23.2. The van der Waals surface area contributed by atoms with Gasteiger partial charge in [-0.05, 0) is 134 Å². The Kier molecular flexibility index (Phi) is 7.77. The van der Waals surface area contributed by atoms with Crippen molar-refractivity contribution in [2.75, 3.05) is 5.32 Å². The van der Waals surface area contributed by atoms with Crippen LogP contribution in [0, 0.1) is 0 Å². The molecule has 0 saturated heterocycles. The normalized spacial score (nSPS) is 16.4. The Morgan fingerprint density at radius 1 is 0.544 bits per heavy atom. The quantitative estimate of drug-likeness (QED) is 0.180. The van der Waals surface area contributed by atoms with Gasteiger partial charge in [-0.2, -0.15) is 0 Å². The van der Waals surface area contributed by atoms with Gasteiger partial charge in [-0.15, -0.1) is 0 Å². The van der Waals surface area contributed by atoms with E-state index in [1.807, 2.05) is 0 Å². The van der Waals surface area contributed by atoms with E-state index in [4.69, 9.17) is 8.83 Å². The molecule has 68 heavy (non-hydrogen) atoms. The number of aromatic nitrogens is 1. The molecule has 5 heteroatoms. The molecule has 0 radical (unpaired) electrons. The van der Waals surface area contributed by atoms with Crippen molar-refractivity contribution < 1.29 is 8.83 Å². The maximum absolute atomic E-state index is 6.96. The molecule has 1 N–H and O–H groups in total. The van der Waals surface area contributed by atoms with E-state index in [1.54, 1.807) is 0 Å². The molecule has 3 aliphatic rings. The summed E-state index contributed by atoms with van der Waals surface area (Å²) in [6, 6.07) is 50.4. The highest BCUT2D eigenvalue weighted by Gasteiger charge is 2.40. The lowest BCUT2D eigenvalue weighted by atomic mass is 9.58. The fraction of sp³-hybridized carbons (Fsp3) is 0.238. The van der Waals surface area contributed by atoms with Crippen LogP contribution < -0.4 is 16.2 Å². The monoisotopic (exact) mass is 882 g/mol. The van der Waals surface area contributed by atoms with Gasteiger partial charge in [0.05, 0.1) is 16.6 Å². The smallest absolute Gasteiger partial charge is 0.198 e. The zero-order valence-corrected chi connectivity index (χ0v) is 40.6. The van der Waals surface area contributed by atoms with Crippen LogP contribution in [0.4, 0.5) is 11.4 Å². The standard InChI is InChI=1S/C63H55BN2O2/c1-60(2,3)34-18-20-35(21-19-34)65-50-33-55-43(44-29-47-48(32-54(44)67-55)62(6,7)27-26-61(47,4)5)28-42(50)38-22-23-40-56-51(25-24-39-37-15-11-13-17-53(37)68-59(39)56)66-52-31-46-41(30-49(52)64-57(38)58(40)66)36-14-10-12-16-45(36)63(46,8)9/h10-25,28-33,64-65H,26-27H2,1-9H3. The second-order valence-corrected chi connectivity index (χ2v) is 23.2. The Hall–Kier alpha value is -6.98. The minimum absolute atomic E-state index is 0.0535. The fourth-order valence-electron chi connectivity index (χ4n) is 12.9. The highest BCUT2D eigenvalue weighted by Crippen LogP contribution is 2.52. The van der Waals surface area contributed by atoms with Crippen molar-refractivity contribution in [1.29, 1.82) is 0 Å². The lowest BCUT2D eigenvalue weighted by Crippen LogP contribution is -2.37. The molecule has 14 rings (SSSR count). The van der Waals surface area contributed by atoms with Gasteiger partial charge in [-0.1, -0.05) is 141 Å². The number of para-hydroxylation sites is 1. The second kappa shape index (κ2) is 13.2. The molecule has 0 unspecified atom stereocenters. The molecule has 332 valence electrons. The Labute approximate surface area is 398 Å². The third kappa shape index (κ3) is 5.39. The average Bonchev–Trinajstić information content (AvgIpc) is 4.04. The van der Waals surface area contributed by atoms with Gasteiger partial charge < -0.3 is 18.7 Å². The van der Waals surface area contributed by atoms with Crippen molar-refractivity contribution in [3.8, 4) is 27.9 Å². The molecule has 0 fully saturated rings. The largest absolute Gasteiger partial charge is 0.456 e. The Balaban J connectivity index is 1.07. The third-order valence-electron chi connectivity index (χ3n) is 16.8. The first-order valence-electron chi connectivity index (χ1n) is 24.7. The van der Waals surface area contributed by atoms with Gasteiger partial charge >= 0.3 is 0 Å². The van der Waals surface area contributed by atoms with Crippen LogP contribution in [0.2, 0.25) is 0 Å². The summed E-state index contributed by atoms with van der Waals surface area (Å²) in [5.74, 6) is 0. The van der Waals surface area contributed by atoms with E-state index < -0.39 is 0 Å². The molecule has 0 bridgehead atoms. The van der Waals surface area contributed by atoms with Gasteiger partial charge in [0.15, 0.2) is 7.28 Å². The summed E-state index contributed by atoms with van der Waals surface area (Å²) >= 11 is 0. The number of anilines is 2. The predicted molar refractivity (Wildman–Crippen MR) is 288 cm³/mol. The molecule has 1 aliphatic heterocycles. The van der Waals surface area contributed by atoms with Gasteiger partial charge in [0, 0.05) is 60.9 Å². The minimum atomic E-state index is -0.129. The molecule has 0 spiro atoms. The number of nitrogens with zero attached hydrogens (tertiary/aromatic N) is 1. The van der Waals surface area contributed by atoms with Crippen LogP contribution >= 0.6 is 0 Å². The molecule has 0 saturated carbocycles. The number of rotatable bonds is 3. The van der Waals surface area contributed by atoms with Gasteiger partial charge in [0.1, 0.15) is 22.3 Å². The van der Waals surface area contributed by atoms with Crippen molar-refractivity contribution in [3.63, 3.8) is 0 Å². The molecular weight excluding hydrogens is 828 g/mol. The number of furan rings is 2. The molecular formula is C63H55BN2O2. The van der Waals surface area contributed by atoms with Crippen LogP contribution in [-0.4, -0.2) is 11.8 Å². The maximum Gasteiger partial charge on any atom is 0.198 e. The molecule has 2 aliphatic carbocycles. The van der Waals surface area contributed by atoms with E-state index in [0.29, 0.717) is 0 Å². The van der Waals surface area contributed by atoms with Gasteiger partial charge in [0.25, 0.3) is 0 Å². The summed E-state index contributed by atoms with van der Waals surface area (Å²) in [4.78, 5) is 0. The Morgan fingerprint density at radius 2 is 1.25 bits per heavy atom. The van der Waals surface area contributed by atoms with Crippen molar-refractivity contribution in [2.24, 2.45) is 0 Å². The first-order chi connectivity index (χ1) is 32.5. The van der Waals surface area contributed by atoms with E-state index >= 15 is 0 Å². The van der Waals surface area contributed by atoms with Gasteiger partial charge in [-0.3, -0.25) is 0 Å². The number of hydrogen-bond acceptors (Lipinski definition) is 3. The van der Waals surface area contributed by atoms with Gasteiger partial charge in [-0.25, -0.2) is 0 Å². The van der Waals surface area contributed by atoms with Crippen LogP contribution in [0.1, 0.15) is 103 Å². The number of nitrogens with one attached hydrogen (secondary N) is 1. The zero-order chi connectivity index (χ0) is 46.4. The van der Waals surface area contributed by atoms with Crippen LogP contribution in [-0.2, 0) is 21.7 Å². The number of fused-ring (bicyclic) bond motifs is 16. The first kappa shape index (κ1) is 40.1. The van der Waals surface area contributed by atoms with E-state index in [9.17, 15) is 0 Å². The Bertz CT molecular complexity index is 4030. The molecule has 11 aromatic rings. The fourth-order valence-corrected chi connectivity index (χ4v) is 12.9. The van der Waals surface area contributed by atoms with Crippen LogP contribution in [0.15, 0.2) is 142 Å². The summed E-state index contributed by atoms with van der Waals surface area (Å²) in [6.45, 7) is 21.2. The highest BCUT2D eigenvalue weighted by atomic mass is 16.3. The SMILES string of the molecule is CC(C)(C)c1ccc(Nc2cc3oc4cc5c(cc4c3cc2-c2ccc3c4c6oc7ccccc7c6ccc4n4c3c2Bc2cc3c(cc2-4)C(C)(C)c2ccccc2-3)C(C)(C)CCC5(C)C)cc1. The number of benzene rings is 8. The predicted octanol–water partition coefficient (Wildman–Crippen LogP) is 15.6. The maximum atomic E-state index is 6.96. The summed E-state index contributed by atoms with van der Waals surface area (Å²) in [5, 5.41) is 11.0. The summed E-state index contributed by atoms with van der Waals surface area (Å²) in [6.07, 6.45) is 2.32. The first-order valence-corrected chi connectivity index (χ1v) is 24.7. The lowest BCUT2D eigenvalue weighted by Gasteiger charge is -2.41. The van der Waals surface area contributed by atoms with Crippen molar-refractivity contribution >= 4 is 95.3 Å². The Morgan fingerprint density at radius 3 is 2.04 bits per heavy atom. The van der Waals surface area contributed by atoms with E-state index in [-0.39, 0.29) is 21.7 Å². The van der Waals surface area contributed by atoms with Crippen molar-refractivity contribution in [2.45, 2.75) is 96.8 Å². The average molecular weight is 883 g/mol. The minimum Gasteiger partial charge on any atom is -0.456 e. The highest BCUT2D eigenvalue weighted by molar-refractivity contribution is 6.73. The van der Waals surface area contributed by atoms with E-state index in [1.165, 1.54) is 88.3 Å². The van der Waals surface area contributed by atoms with E-state index in [2.05, 4.69) is 206 Å². The van der Waals surface area contributed by atoms with Gasteiger partial charge in [0.2, 0.25) is 0 Å². The molecule has 4 heterocycles. The summed E-state index contributed by atoms with van der Waals surface area (Å²) in [5.41, 5.74) is 24.2. The van der Waals surface area contributed by atoms with Crippen molar-refractivity contribution in [1.82, 2.24) is 4.57 Å². The molecule has 3 aromatic heterocycles. The summed E-state index contributed by atoms with van der Waals surface area (Å²) < 4.78 is 16.4. The summed E-state index contributed by atoms with van der Waals surface area (Å²) in [7, 11) is 0.790. The molecule has 0 atom stereocenters. The zero-order valence-electron chi connectivity index (χ0n) is 40.6. The number of hydrogen-bond donors (Lipinski definition) is 1. The molecule has 8 aromatic carbocycles. The molecule has 0 amide bonds.